The maximum atomic E-state index is 13.4. The molecule has 3 amide bonds. The summed E-state index contributed by atoms with van der Waals surface area (Å²) in [5.74, 6) is -1.51. The van der Waals surface area contributed by atoms with Gasteiger partial charge in [0.15, 0.2) is 41.5 Å². The Hall–Kier alpha value is -4.48. The van der Waals surface area contributed by atoms with Gasteiger partial charge >= 0.3 is 19.6 Å². The van der Waals surface area contributed by atoms with E-state index >= 15 is 0 Å². The predicted octanol–water partition coefficient (Wildman–Crippen LogP) is -0.998. The molecule has 27 nitrogen and oxygen atoms in total. The van der Waals surface area contributed by atoms with Crippen molar-refractivity contribution in [2.75, 3.05) is 51.4 Å². The number of anilines is 2. The van der Waals surface area contributed by atoms with E-state index in [2.05, 4.69) is 29.9 Å². The lowest BCUT2D eigenvalue weighted by molar-refractivity contribution is -0.140. The summed E-state index contributed by atoms with van der Waals surface area (Å²) in [6.45, 7) is -8.97. The third-order valence-electron chi connectivity index (χ3n) is 10.6. The van der Waals surface area contributed by atoms with Gasteiger partial charge in [-0.1, -0.05) is 6.92 Å². The van der Waals surface area contributed by atoms with Crippen molar-refractivity contribution in [2.24, 2.45) is 5.92 Å². The lowest BCUT2D eigenvalue weighted by Gasteiger charge is -2.29. The molecule has 2 bridgehead atoms. The Balaban J connectivity index is 1.01. The Labute approximate surface area is 365 Å². The number of nitrogens with zero attached hydrogens (tertiary/aromatic N) is 10. The van der Waals surface area contributed by atoms with Crippen molar-refractivity contribution in [1.29, 1.82) is 0 Å². The van der Waals surface area contributed by atoms with E-state index in [0.717, 1.165) is 11.2 Å². The number of aliphatic hydroxyl groups excluding tert-OH is 1. The minimum Gasteiger partial charge on any atom is -0.432 e. The number of likely N-dealkylation sites (tertiary alicyclic amines) is 1. The van der Waals surface area contributed by atoms with Crippen molar-refractivity contribution in [3.63, 3.8) is 0 Å². The molecule has 7 N–H and O–H groups in total. The molecule has 340 valence electrons. The van der Waals surface area contributed by atoms with Gasteiger partial charge in [0.25, 0.3) is 0 Å². The molecule has 0 aromatic carbocycles. The molecule has 4 aromatic rings. The van der Waals surface area contributed by atoms with Crippen molar-refractivity contribution in [1.82, 2.24) is 48.8 Å². The number of carbonyl (C=O) groups is 4. The van der Waals surface area contributed by atoms with Gasteiger partial charge in [0.1, 0.15) is 60.8 Å². The number of fused-ring (bicyclic) bond motifs is 5. The second kappa shape index (κ2) is 17.8. The molecule has 4 aromatic heterocycles. The molecular formula is C32H40N12O15P2S2. The van der Waals surface area contributed by atoms with E-state index in [1.54, 1.807) is 6.92 Å². The van der Waals surface area contributed by atoms with Crippen molar-refractivity contribution < 1.29 is 71.1 Å². The maximum Gasteiger partial charge on any atom is 0.508 e. The summed E-state index contributed by atoms with van der Waals surface area (Å²) in [4.78, 5) is 101. The van der Waals surface area contributed by atoms with Crippen LogP contribution in [0.1, 0.15) is 32.2 Å². The summed E-state index contributed by atoms with van der Waals surface area (Å²) in [5.41, 5.74) is 12.7. The molecule has 0 aliphatic carbocycles. The lowest BCUT2D eigenvalue weighted by atomic mass is 10.1. The first kappa shape index (κ1) is 45.1. The van der Waals surface area contributed by atoms with Crippen molar-refractivity contribution in [2.45, 2.75) is 68.8 Å². The van der Waals surface area contributed by atoms with E-state index in [9.17, 15) is 34.1 Å². The molecule has 31 heteroatoms. The molecule has 0 spiro atoms. The Bertz CT molecular complexity index is 2540. The first-order valence-corrected chi connectivity index (χ1v) is 24.2. The number of nitrogen functional groups attached to an aromatic ring is 2. The molecule has 63 heavy (non-hydrogen) atoms. The van der Waals surface area contributed by atoms with Crippen LogP contribution in [0.5, 0.6) is 0 Å². The zero-order valence-corrected chi connectivity index (χ0v) is 36.5. The number of carbonyl (C=O) groups excluding carboxylic acids is 4. The number of ether oxygens (including phenoxy) is 4. The van der Waals surface area contributed by atoms with E-state index in [-0.39, 0.29) is 78.3 Å². The van der Waals surface area contributed by atoms with Gasteiger partial charge in [-0.15, -0.1) is 0 Å². The number of aliphatic hydroxyl groups is 1. The lowest BCUT2D eigenvalue weighted by Crippen LogP contribution is -2.40. The molecule has 3 unspecified atom stereocenters. The fraction of sp³-hybridized carbons (Fsp3) is 0.562. The largest absolute Gasteiger partial charge is 0.508 e. The third-order valence-corrected chi connectivity index (χ3v) is 13.7. The molecule has 0 saturated carbocycles. The first-order valence-electron chi connectivity index (χ1n) is 19.0. The Morgan fingerprint density at radius 3 is 2.06 bits per heavy atom. The summed E-state index contributed by atoms with van der Waals surface area (Å²) in [5, 5.41) is 11.4. The highest BCUT2D eigenvalue weighted by molar-refractivity contribution is 8.07. The molecule has 4 fully saturated rings. The number of hydrogen-bond donors (Lipinski definition) is 5. The van der Waals surface area contributed by atoms with E-state index < -0.39 is 93.7 Å². The fourth-order valence-corrected chi connectivity index (χ4v) is 10.2. The smallest absolute Gasteiger partial charge is 0.432 e. The van der Waals surface area contributed by atoms with Crippen LogP contribution in [-0.2, 0) is 75.0 Å². The number of aromatic nitrogens is 8. The topological polar surface area (TPSA) is 349 Å². The highest BCUT2D eigenvalue weighted by Crippen LogP contribution is 2.54. The number of hydrogen-bond acceptors (Lipinski definition) is 23. The molecule has 8 rings (SSSR count). The number of nitrogens with two attached hydrogens (primary N) is 2. The monoisotopic (exact) mass is 958 g/mol. The number of imide groups is 1. The summed E-state index contributed by atoms with van der Waals surface area (Å²) in [6.07, 6.45) is -7.92. The summed E-state index contributed by atoms with van der Waals surface area (Å²) >= 11 is 10.8. The van der Waals surface area contributed by atoms with Gasteiger partial charge in [-0.25, -0.2) is 34.7 Å². The molecule has 4 aliphatic heterocycles. The number of amides is 3. The van der Waals surface area contributed by atoms with E-state index in [1.807, 2.05) is 0 Å². The highest BCUT2D eigenvalue weighted by atomic mass is 32.5. The normalized spacial score (nSPS) is 32.6. The average Bonchev–Trinajstić information content (AvgIpc) is 4.04. The Kier molecular flexibility index (Phi) is 12.8. The third kappa shape index (κ3) is 9.24. The standard InChI is InChI=1S/C32H40N12O15P2S2/c1-14-7-18(46)42(29(14)48)4-3-17(45)41(2)5-6-52-32(49)57-24-22-16(56-31(24)44-13-40-20-26(34)36-11-38-28(20)44)9-54-61(51,63)59-23-21(47)15(8-53-60(50,62)58-22)55-30(23)43-12-39-19-25(33)35-10-37-27(19)43/h10-16,21-24,30-31,47H,3-9H2,1-2H3,(H,50,62)(H,51,63)(H2,33,35,37)(H2,34,36,38)/t14?,15-,16-,21-,22-,23-,24-,30-,31-,60?,61?/m1/s1. The summed E-state index contributed by atoms with van der Waals surface area (Å²) < 4.78 is 49.5. The Morgan fingerprint density at radius 1 is 0.889 bits per heavy atom. The van der Waals surface area contributed by atoms with Gasteiger partial charge in [0.2, 0.25) is 17.7 Å². The van der Waals surface area contributed by atoms with Gasteiger partial charge in [-0.05, 0) is 23.6 Å². The predicted molar refractivity (Wildman–Crippen MR) is 217 cm³/mol. The molecule has 4 aliphatic rings. The van der Waals surface area contributed by atoms with E-state index in [0.29, 0.717) is 0 Å². The molecule has 11 atom stereocenters. The summed E-state index contributed by atoms with van der Waals surface area (Å²) in [6, 6.07) is 0. The number of imidazole rings is 2. The van der Waals surface area contributed by atoms with Crippen LogP contribution in [0, 0.1) is 5.92 Å². The van der Waals surface area contributed by atoms with Crippen LogP contribution < -0.4 is 11.5 Å². The Morgan fingerprint density at radius 2 is 1.46 bits per heavy atom. The molecule has 0 radical (unpaired) electrons. The zero-order chi connectivity index (χ0) is 45.0. The average molecular weight is 959 g/mol. The minimum absolute atomic E-state index is 0.0111. The van der Waals surface area contributed by atoms with Gasteiger partial charge in [-0.2, -0.15) is 0 Å². The molecule has 8 heterocycles. The summed E-state index contributed by atoms with van der Waals surface area (Å²) in [7, 11) is 1.44. The second-order valence-corrected chi connectivity index (χ2v) is 20.3. The second-order valence-electron chi connectivity index (χ2n) is 14.7. The van der Waals surface area contributed by atoms with Gasteiger partial charge in [-0.3, -0.25) is 37.5 Å². The van der Waals surface area contributed by atoms with Crippen LogP contribution in [0.3, 0.4) is 0 Å². The molecular weight excluding hydrogens is 919 g/mol. The van der Waals surface area contributed by atoms with Gasteiger partial charge in [0.05, 0.1) is 32.4 Å². The number of likely N-dealkylation sites (N-methyl/N-ethyl adjacent to an activating group) is 1. The molecule has 4 saturated heterocycles. The van der Waals surface area contributed by atoms with Crippen LogP contribution >= 0.6 is 13.4 Å². The fourth-order valence-electron chi connectivity index (χ4n) is 7.35. The van der Waals surface area contributed by atoms with Crippen molar-refractivity contribution >= 4 is 94.9 Å². The van der Waals surface area contributed by atoms with Crippen LogP contribution in [0.25, 0.3) is 22.3 Å². The van der Waals surface area contributed by atoms with Crippen molar-refractivity contribution in [3.8, 4) is 0 Å². The van der Waals surface area contributed by atoms with Crippen LogP contribution in [-0.4, -0.2) is 164 Å². The minimum atomic E-state index is -4.41. The van der Waals surface area contributed by atoms with Crippen LogP contribution in [0.4, 0.5) is 16.4 Å². The first-order chi connectivity index (χ1) is 29.9. The number of rotatable bonds is 9. The van der Waals surface area contributed by atoms with E-state index in [1.165, 1.54) is 40.1 Å². The quantitative estimate of drug-likeness (QED) is 0.0763. The zero-order valence-electron chi connectivity index (χ0n) is 33.0. The highest BCUT2D eigenvalue weighted by Gasteiger charge is 2.54. The van der Waals surface area contributed by atoms with Crippen LogP contribution in [0.2, 0.25) is 0 Å². The SMILES string of the molecule is CC1CC(=O)N(CCC(=O)N(C)CCOC(=O)O[C@@H]2[C@@H]3OP(O)(=S)OC[C@H]4O[C@@H](n5cnc6c(N)ncnc65)[C@H](OP(O)(=S)OC[C@H]3O[C@H]2n2cnc3c(N)ncnc32)[C@@H]4O)C1=O. The van der Waals surface area contributed by atoms with Gasteiger partial charge < -0.3 is 59.3 Å². The van der Waals surface area contributed by atoms with Gasteiger partial charge in [0, 0.05) is 32.4 Å². The van der Waals surface area contributed by atoms with Crippen molar-refractivity contribution in [3.05, 3.63) is 25.3 Å². The van der Waals surface area contributed by atoms with Crippen LogP contribution in [0.15, 0.2) is 25.3 Å². The van der Waals surface area contributed by atoms with E-state index in [4.69, 9.17) is 72.1 Å². The maximum absolute atomic E-state index is 13.4.